The van der Waals surface area contributed by atoms with Crippen molar-refractivity contribution in [1.82, 2.24) is 4.98 Å². The molecule has 0 fully saturated rings. The van der Waals surface area contributed by atoms with Crippen molar-refractivity contribution in [3.63, 3.8) is 0 Å². The number of thiazole rings is 1. The molecule has 1 aromatic heterocycles. The monoisotopic (exact) mass is 219 g/mol. The van der Waals surface area contributed by atoms with E-state index in [2.05, 4.69) is 4.98 Å². The average Bonchev–Trinajstić information content (AvgIpc) is 2.46. The predicted octanol–water partition coefficient (Wildman–Crippen LogP) is -2.20. The molecular formula is C8H3FNNaO2S. The van der Waals surface area contributed by atoms with Gasteiger partial charge in [-0.1, -0.05) is 0 Å². The zero-order valence-corrected chi connectivity index (χ0v) is 10.1. The normalized spacial score (nSPS) is 9.79. The number of carbonyl (C=O) groups excluding carboxylic acids is 1. The third kappa shape index (κ3) is 2.12. The number of aromatic carboxylic acids is 1. The van der Waals surface area contributed by atoms with Gasteiger partial charge in [-0.2, -0.15) is 0 Å². The summed E-state index contributed by atoms with van der Waals surface area (Å²) in [4.78, 5) is 14.1. The maximum Gasteiger partial charge on any atom is 1.00 e. The zero-order chi connectivity index (χ0) is 9.42. The molecule has 0 radical (unpaired) electrons. The van der Waals surface area contributed by atoms with E-state index < -0.39 is 11.8 Å². The first-order chi connectivity index (χ1) is 6.16. The van der Waals surface area contributed by atoms with Gasteiger partial charge in [-0.15, -0.1) is 11.3 Å². The molecule has 2 rings (SSSR count). The van der Waals surface area contributed by atoms with Crippen LogP contribution in [-0.2, 0) is 0 Å². The fourth-order valence-corrected chi connectivity index (χ4v) is 1.77. The molecule has 66 valence electrons. The maximum absolute atomic E-state index is 12.6. The van der Waals surface area contributed by atoms with E-state index in [0.29, 0.717) is 10.2 Å². The van der Waals surface area contributed by atoms with Crippen molar-refractivity contribution in [1.29, 1.82) is 0 Å². The topological polar surface area (TPSA) is 53.0 Å². The average molecular weight is 219 g/mol. The molecule has 0 aliphatic heterocycles. The summed E-state index contributed by atoms with van der Waals surface area (Å²) >= 11 is 0.974. The Morgan fingerprint density at radius 1 is 1.50 bits per heavy atom. The Bertz CT molecular complexity index is 485. The zero-order valence-electron chi connectivity index (χ0n) is 7.28. The fourth-order valence-electron chi connectivity index (χ4n) is 0.988. The second-order valence-corrected chi connectivity index (χ2v) is 3.45. The first-order valence-corrected chi connectivity index (χ1v) is 4.26. The SMILES string of the molecule is O=C([O-])c1nc2cc(F)ccc2s1.[Na+]. The Labute approximate surface area is 105 Å². The summed E-state index contributed by atoms with van der Waals surface area (Å²) < 4.78 is 13.3. The van der Waals surface area contributed by atoms with Gasteiger partial charge in [-0.25, -0.2) is 9.37 Å². The molecule has 6 heteroatoms. The number of halogens is 1. The number of nitrogens with zero attached hydrogens (tertiary/aromatic N) is 1. The number of carboxylic acid groups (broad SMARTS) is 1. The molecule has 3 nitrogen and oxygen atoms in total. The van der Waals surface area contributed by atoms with Crippen LogP contribution in [0.5, 0.6) is 0 Å². The molecule has 0 N–H and O–H groups in total. The van der Waals surface area contributed by atoms with E-state index in [1.54, 1.807) is 0 Å². The standard InChI is InChI=1S/C8H4FNO2S.Na/c9-4-1-2-6-5(3-4)10-7(13-6)8(11)12;/h1-3H,(H,11,12);/q;+1/p-1. The smallest absolute Gasteiger partial charge is 0.542 e. The summed E-state index contributed by atoms with van der Waals surface area (Å²) in [5.74, 6) is -1.76. The second-order valence-electron chi connectivity index (χ2n) is 2.42. The van der Waals surface area contributed by atoms with Crippen molar-refractivity contribution in [2.75, 3.05) is 0 Å². The number of hydrogen-bond acceptors (Lipinski definition) is 4. The van der Waals surface area contributed by atoms with Gasteiger partial charge < -0.3 is 9.90 Å². The summed E-state index contributed by atoms with van der Waals surface area (Å²) in [5.41, 5.74) is 0.351. The van der Waals surface area contributed by atoms with Crippen LogP contribution in [0.15, 0.2) is 18.2 Å². The van der Waals surface area contributed by atoms with Crippen LogP contribution >= 0.6 is 11.3 Å². The molecule has 2 aromatic rings. The number of fused-ring (bicyclic) bond motifs is 1. The minimum Gasteiger partial charge on any atom is -0.542 e. The minimum atomic E-state index is -1.33. The van der Waals surface area contributed by atoms with Gasteiger partial charge in [-0.05, 0) is 12.1 Å². The Morgan fingerprint density at radius 2 is 2.21 bits per heavy atom. The Balaban J connectivity index is 0.000000980. The van der Waals surface area contributed by atoms with Crippen LogP contribution in [0.4, 0.5) is 4.39 Å². The number of carboxylic acids is 1. The summed E-state index contributed by atoms with van der Waals surface area (Å²) in [5, 5.41) is 10.3. The number of rotatable bonds is 1. The first kappa shape index (κ1) is 11.6. The molecule has 0 aliphatic rings. The third-order valence-electron chi connectivity index (χ3n) is 1.52. The van der Waals surface area contributed by atoms with Gasteiger partial charge in [0.25, 0.3) is 0 Å². The number of hydrogen-bond donors (Lipinski definition) is 0. The molecule has 14 heavy (non-hydrogen) atoms. The van der Waals surface area contributed by atoms with Gasteiger partial charge in [-0.3, -0.25) is 0 Å². The Morgan fingerprint density at radius 3 is 2.86 bits per heavy atom. The molecule has 1 heterocycles. The molecular weight excluding hydrogens is 216 g/mol. The van der Waals surface area contributed by atoms with Crippen molar-refractivity contribution in [3.8, 4) is 0 Å². The van der Waals surface area contributed by atoms with Crippen LogP contribution in [0, 0.1) is 5.82 Å². The Kier molecular flexibility index (Phi) is 3.60. The first-order valence-electron chi connectivity index (χ1n) is 3.44. The van der Waals surface area contributed by atoms with Gasteiger partial charge in [0, 0.05) is 6.07 Å². The minimum absolute atomic E-state index is 0. The maximum atomic E-state index is 12.6. The van der Waals surface area contributed by atoms with Crippen LogP contribution in [-0.4, -0.2) is 11.0 Å². The summed E-state index contributed by atoms with van der Waals surface area (Å²) in [6, 6.07) is 3.95. The molecule has 0 amide bonds. The van der Waals surface area contributed by atoms with Gasteiger partial charge in [0.15, 0.2) is 0 Å². The van der Waals surface area contributed by atoms with E-state index in [-0.39, 0.29) is 34.6 Å². The largest absolute Gasteiger partial charge is 1.00 e. The quantitative estimate of drug-likeness (QED) is 0.512. The predicted molar refractivity (Wildman–Crippen MR) is 43.9 cm³/mol. The van der Waals surface area contributed by atoms with Crippen molar-refractivity contribution in [3.05, 3.63) is 29.0 Å². The van der Waals surface area contributed by atoms with Crippen molar-refractivity contribution >= 4 is 27.5 Å². The van der Waals surface area contributed by atoms with Crippen LogP contribution in [0.25, 0.3) is 10.2 Å². The van der Waals surface area contributed by atoms with Crippen LogP contribution in [0.2, 0.25) is 0 Å². The van der Waals surface area contributed by atoms with Gasteiger partial charge in [0.1, 0.15) is 16.8 Å². The van der Waals surface area contributed by atoms with E-state index in [1.165, 1.54) is 18.2 Å². The fraction of sp³-hybridized carbons (Fsp3) is 0. The molecule has 0 bridgehead atoms. The van der Waals surface area contributed by atoms with Crippen LogP contribution < -0.4 is 34.7 Å². The van der Waals surface area contributed by atoms with Crippen molar-refractivity contribution in [2.45, 2.75) is 0 Å². The van der Waals surface area contributed by atoms with E-state index in [9.17, 15) is 14.3 Å². The molecule has 0 aliphatic carbocycles. The molecule has 0 saturated carbocycles. The number of benzene rings is 1. The summed E-state index contributed by atoms with van der Waals surface area (Å²) in [6.07, 6.45) is 0. The van der Waals surface area contributed by atoms with E-state index in [4.69, 9.17) is 0 Å². The third-order valence-corrected chi connectivity index (χ3v) is 2.54. The van der Waals surface area contributed by atoms with Crippen LogP contribution in [0.1, 0.15) is 9.80 Å². The number of aromatic nitrogens is 1. The van der Waals surface area contributed by atoms with Crippen molar-refractivity contribution < 1.29 is 43.8 Å². The van der Waals surface area contributed by atoms with Gasteiger partial charge >= 0.3 is 29.6 Å². The van der Waals surface area contributed by atoms with Gasteiger partial charge in [0.05, 0.1) is 10.2 Å². The van der Waals surface area contributed by atoms with E-state index >= 15 is 0 Å². The van der Waals surface area contributed by atoms with E-state index in [1.807, 2.05) is 0 Å². The van der Waals surface area contributed by atoms with Crippen molar-refractivity contribution in [2.24, 2.45) is 0 Å². The summed E-state index contributed by atoms with van der Waals surface area (Å²) in [7, 11) is 0. The molecule has 1 aromatic carbocycles. The molecule has 0 atom stereocenters. The van der Waals surface area contributed by atoms with Gasteiger partial charge in [0.2, 0.25) is 0 Å². The summed E-state index contributed by atoms with van der Waals surface area (Å²) in [6.45, 7) is 0. The Hall–Kier alpha value is -0.490. The molecule has 0 saturated heterocycles. The molecule has 0 spiro atoms. The molecule has 0 unspecified atom stereocenters. The van der Waals surface area contributed by atoms with E-state index in [0.717, 1.165) is 11.3 Å². The number of carbonyl (C=O) groups is 1. The second kappa shape index (κ2) is 4.35. The van der Waals surface area contributed by atoms with Crippen LogP contribution in [0.3, 0.4) is 0 Å².